The molecule has 1 aliphatic rings. The number of sulfonamides is 1. The summed E-state index contributed by atoms with van der Waals surface area (Å²) in [7, 11) is -1.99. The largest absolute Gasteiger partial charge is 0.425 e. The Bertz CT molecular complexity index is 905. The lowest BCUT2D eigenvalue weighted by Gasteiger charge is -2.11. The molecule has 8 nitrogen and oxygen atoms in total. The molecule has 3 rings (SSSR count). The van der Waals surface area contributed by atoms with Gasteiger partial charge in [0, 0.05) is 31.6 Å². The Morgan fingerprint density at radius 1 is 1.32 bits per heavy atom. The van der Waals surface area contributed by atoms with Crippen LogP contribution in [0.2, 0.25) is 0 Å². The Labute approximate surface area is 146 Å². The van der Waals surface area contributed by atoms with Gasteiger partial charge >= 0.3 is 0 Å². The van der Waals surface area contributed by atoms with E-state index in [1.165, 1.54) is 11.0 Å². The Balaban J connectivity index is 1.66. The lowest BCUT2D eigenvalue weighted by Crippen LogP contribution is -2.26. The molecule has 1 aliphatic heterocycles. The highest BCUT2D eigenvalue weighted by Crippen LogP contribution is 2.29. The number of nitrogens with zero attached hydrogens (tertiary/aromatic N) is 3. The maximum absolute atomic E-state index is 12.4. The van der Waals surface area contributed by atoms with E-state index in [-0.39, 0.29) is 29.7 Å². The van der Waals surface area contributed by atoms with Crippen LogP contribution in [0, 0.1) is 0 Å². The Morgan fingerprint density at radius 2 is 2.08 bits per heavy atom. The van der Waals surface area contributed by atoms with E-state index in [1.807, 2.05) is 13.8 Å². The summed E-state index contributed by atoms with van der Waals surface area (Å²) in [5, 5.41) is 7.81. The van der Waals surface area contributed by atoms with Crippen LogP contribution in [0.1, 0.15) is 37.1 Å². The second kappa shape index (κ2) is 6.57. The molecule has 1 N–H and O–H groups in total. The van der Waals surface area contributed by atoms with Crippen LogP contribution in [0.5, 0.6) is 0 Å². The van der Waals surface area contributed by atoms with Gasteiger partial charge in [0.25, 0.3) is 0 Å². The third kappa shape index (κ3) is 3.57. The number of aromatic nitrogens is 2. The predicted molar refractivity (Wildman–Crippen MR) is 90.8 cm³/mol. The summed E-state index contributed by atoms with van der Waals surface area (Å²) in [5.41, 5.74) is 1.46. The fraction of sp³-hybridized carbons (Fsp3) is 0.438. The van der Waals surface area contributed by atoms with Crippen LogP contribution in [0.25, 0.3) is 0 Å². The molecule has 0 spiro atoms. The maximum atomic E-state index is 12.4. The lowest BCUT2D eigenvalue weighted by molar-refractivity contribution is -0.117. The summed E-state index contributed by atoms with van der Waals surface area (Å²) in [6.07, 6.45) is 0.528. The Morgan fingerprint density at radius 3 is 2.76 bits per heavy atom. The van der Waals surface area contributed by atoms with Crippen LogP contribution in [0.4, 0.5) is 5.69 Å². The van der Waals surface area contributed by atoms with E-state index in [0.29, 0.717) is 23.8 Å². The van der Waals surface area contributed by atoms with Gasteiger partial charge in [-0.2, -0.15) is 0 Å². The highest BCUT2D eigenvalue weighted by atomic mass is 32.2. The third-order valence-corrected chi connectivity index (χ3v) is 5.50. The first-order valence-electron chi connectivity index (χ1n) is 7.99. The SMILES string of the molecule is CC(C)c1nnc(CCNS(=O)(=O)c2ccc3c(c2)CC(=O)N3C)o1. The average Bonchev–Trinajstić information content (AvgIpc) is 3.13. The number of likely N-dealkylation sites (N-methyl/N-ethyl adjacent to an activating group) is 1. The minimum absolute atomic E-state index is 0.0464. The van der Waals surface area contributed by atoms with Crippen molar-refractivity contribution in [1.82, 2.24) is 14.9 Å². The second-order valence-electron chi connectivity index (χ2n) is 6.26. The molecular weight excluding hydrogens is 344 g/mol. The van der Waals surface area contributed by atoms with Crippen LogP contribution >= 0.6 is 0 Å². The first kappa shape index (κ1) is 17.6. The molecule has 25 heavy (non-hydrogen) atoms. The van der Waals surface area contributed by atoms with E-state index in [0.717, 1.165) is 5.69 Å². The zero-order chi connectivity index (χ0) is 18.2. The number of hydrogen-bond acceptors (Lipinski definition) is 6. The van der Waals surface area contributed by atoms with E-state index >= 15 is 0 Å². The summed E-state index contributed by atoms with van der Waals surface area (Å²) in [6.45, 7) is 4.03. The van der Waals surface area contributed by atoms with E-state index in [9.17, 15) is 13.2 Å². The van der Waals surface area contributed by atoms with Crippen molar-refractivity contribution >= 4 is 21.6 Å². The summed E-state index contributed by atoms with van der Waals surface area (Å²) in [4.78, 5) is 13.4. The summed E-state index contributed by atoms with van der Waals surface area (Å²) >= 11 is 0. The normalized spacial score (nSPS) is 14.4. The fourth-order valence-corrected chi connectivity index (χ4v) is 3.67. The first-order valence-corrected chi connectivity index (χ1v) is 9.47. The number of benzene rings is 1. The molecule has 0 saturated heterocycles. The third-order valence-electron chi connectivity index (χ3n) is 4.05. The standard InChI is InChI=1S/C16H20N4O4S/c1-10(2)16-19-18-14(24-16)6-7-17-25(22,23)12-4-5-13-11(8-12)9-15(21)20(13)3/h4-5,8,10,17H,6-7,9H2,1-3H3. The van der Waals surface area contributed by atoms with Crippen molar-refractivity contribution in [2.45, 2.75) is 37.5 Å². The summed E-state index contributed by atoms with van der Waals surface area (Å²) in [5.74, 6) is 1.01. The molecule has 0 bridgehead atoms. The van der Waals surface area contributed by atoms with Gasteiger partial charge in [0.2, 0.25) is 27.7 Å². The second-order valence-corrected chi connectivity index (χ2v) is 8.02. The first-order chi connectivity index (χ1) is 11.8. The molecule has 0 aliphatic carbocycles. The van der Waals surface area contributed by atoms with Gasteiger partial charge in [-0.15, -0.1) is 10.2 Å². The highest BCUT2D eigenvalue weighted by molar-refractivity contribution is 7.89. The molecule has 0 radical (unpaired) electrons. The molecule has 2 aromatic rings. The molecule has 9 heteroatoms. The topological polar surface area (TPSA) is 105 Å². The Kier molecular flexibility index (Phi) is 4.61. The van der Waals surface area contributed by atoms with Crippen LogP contribution < -0.4 is 9.62 Å². The lowest BCUT2D eigenvalue weighted by atomic mass is 10.2. The number of hydrogen-bond donors (Lipinski definition) is 1. The van der Waals surface area contributed by atoms with Crippen molar-refractivity contribution < 1.29 is 17.6 Å². The molecule has 2 heterocycles. The number of carbonyl (C=O) groups excluding carboxylic acids is 1. The maximum Gasteiger partial charge on any atom is 0.240 e. The van der Waals surface area contributed by atoms with Gasteiger partial charge in [-0.05, 0) is 23.8 Å². The predicted octanol–water partition coefficient (Wildman–Crippen LogP) is 1.23. The van der Waals surface area contributed by atoms with Crippen molar-refractivity contribution in [3.63, 3.8) is 0 Å². The summed E-state index contributed by atoms with van der Waals surface area (Å²) < 4.78 is 32.8. The van der Waals surface area contributed by atoms with Gasteiger partial charge in [0.05, 0.1) is 11.3 Å². The minimum Gasteiger partial charge on any atom is -0.425 e. The quantitative estimate of drug-likeness (QED) is 0.826. The monoisotopic (exact) mass is 364 g/mol. The molecule has 1 amide bonds. The zero-order valence-electron chi connectivity index (χ0n) is 14.3. The van der Waals surface area contributed by atoms with Gasteiger partial charge in [0.1, 0.15) is 0 Å². The van der Waals surface area contributed by atoms with E-state index in [1.54, 1.807) is 19.2 Å². The van der Waals surface area contributed by atoms with Crippen LogP contribution in [-0.4, -0.2) is 38.1 Å². The van der Waals surface area contributed by atoms with Crippen molar-refractivity contribution in [3.8, 4) is 0 Å². The molecule has 1 aromatic heterocycles. The highest BCUT2D eigenvalue weighted by Gasteiger charge is 2.26. The molecule has 0 unspecified atom stereocenters. The Hall–Kier alpha value is -2.26. The van der Waals surface area contributed by atoms with Crippen LogP contribution in [0.3, 0.4) is 0 Å². The summed E-state index contributed by atoms with van der Waals surface area (Å²) in [6, 6.07) is 4.70. The molecule has 0 atom stereocenters. The van der Waals surface area contributed by atoms with Crippen molar-refractivity contribution in [1.29, 1.82) is 0 Å². The van der Waals surface area contributed by atoms with E-state index in [2.05, 4.69) is 14.9 Å². The molecular formula is C16H20N4O4S. The number of carbonyl (C=O) groups is 1. The number of anilines is 1. The van der Waals surface area contributed by atoms with Crippen LogP contribution in [0.15, 0.2) is 27.5 Å². The average molecular weight is 364 g/mol. The van der Waals surface area contributed by atoms with Gasteiger partial charge in [-0.3, -0.25) is 4.79 Å². The smallest absolute Gasteiger partial charge is 0.240 e. The molecule has 134 valence electrons. The van der Waals surface area contributed by atoms with Crippen molar-refractivity contribution in [3.05, 3.63) is 35.5 Å². The number of rotatable bonds is 6. The van der Waals surface area contributed by atoms with Crippen molar-refractivity contribution in [2.75, 3.05) is 18.5 Å². The van der Waals surface area contributed by atoms with Gasteiger partial charge < -0.3 is 9.32 Å². The molecule has 1 aromatic carbocycles. The van der Waals surface area contributed by atoms with Crippen molar-refractivity contribution in [2.24, 2.45) is 0 Å². The number of amides is 1. The minimum atomic E-state index is -3.67. The number of fused-ring (bicyclic) bond motifs is 1. The number of nitrogens with one attached hydrogen (secondary N) is 1. The van der Waals surface area contributed by atoms with E-state index in [4.69, 9.17) is 4.42 Å². The van der Waals surface area contributed by atoms with Crippen LogP contribution in [-0.2, 0) is 27.7 Å². The van der Waals surface area contributed by atoms with Gasteiger partial charge in [-0.1, -0.05) is 13.8 Å². The zero-order valence-corrected chi connectivity index (χ0v) is 15.1. The molecule has 0 saturated carbocycles. The van der Waals surface area contributed by atoms with E-state index < -0.39 is 10.0 Å². The fourth-order valence-electron chi connectivity index (χ4n) is 2.59. The molecule has 0 fully saturated rings. The van der Waals surface area contributed by atoms with Gasteiger partial charge in [0.15, 0.2) is 0 Å². The van der Waals surface area contributed by atoms with Gasteiger partial charge in [-0.25, -0.2) is 13.1 Å².